The van der Waals surface area contributed by atoms with E-state index in [0.717, 1.165) is 25.3 Å². The van der Waals surface area contributed by atoms with E-state index in [0.29, 0.717) is 0 Å². The Kier molecular flexibility index (Phi) is 4.66. The van der Waals surface area contributed by atoms with Crippen LogP contribution in [0.1, 0.15) is 11.1 Å². The van der Waals surface area contributed by atoms with Crippen molar-refractivity contribution in [2.75, 3.05) is 25.6 Å². The van der Waals surface area contributed by atoms with Gasteiger partial charge in [-0.1, -0.05) is 24.3 Å². The molecule has 0 aliphatic carbocycles. The molecule has 0 unspecified atom stereocenters. The summed E-state index contributed by atoms with van der Waals surface area (Å²) in [7, 11) is 1.89. The van der Waals surface area contributed by atoms with Crippen LogP contribution in [0, 0.1) is 0 Å². The number of carbonyl (C=O) groups excluding carboxylic acids is 1. The molecule has 1 aromatic carbocycles. The van der Waals surface area contributed by atoms with Crippen LogP contribution in [0.3, 0.4) is 0 Å². The van der Waals surface area contributed by atoms with Gasteiger partial charge in [0.05, 0.1) is 6.04 Å². The van der Waals surface area contributed by atoms with Crippen LogP contribution in [0.25, 0.3) is 0 Å². The minimum absolute atomic E-state index is 0.0632. The first-order chi connectivity index (χ1) is 8.72. The quantitative estimate of drug-likeness (QED) is 0.895. The first-order valence-corrected chi connectivity index (χ1v) is 7.66. The number of hydrogen-bond donors (Lipinski definition) is 1. The summed E-state index contributed by atoms with van der Waals surface area (Å²) < 4.78 is 0. The minimum atomic E-state index is -0.0632. The first-order valence-electron chi connectivity index (χ1n) is 6.26. The van der Waals surface area contributed by atoms with Gasteiger partial charge < -0.3 is 10.2 Å². The normalized spacial score (nSPS) is 18.2. The number of likely N-dealkylation sites (N-methyl/N-ethyl adjacent to an activating group) is 1. The number of nitrogens with zero attached hydrogens (tertiary/aromatic N) is 1. The van der Waals surface area contributed by atoms with Crippen molar-refractivity contribution in [1.29, 1.82) is 0 Å². The molecule has 0 saturated heterocycles. The van der Waals surface area contributed by atoms with E-state index in [1.807, 2.05) is 24.1 Å². The summed E-state index contributed by atoms with van der Waals surface area (Å²) in [6.07, 6.45) is 2.87. The van der Waals surface area contributed by atoms with Gasteiger partial charge in [-0.2, -0.15) is 11.8 Å². The monoisotopic (exact) mass is 264 g/mol. The lowest BCUT2D eigenvalue weighted by molar-refractivity contribution is -0.132. The van der Waals surface area contributed by atoms with Gasteiger partial charge in [0.25, 0.3) is 0 Å². The third-order valence-corrected chi connectivity index (χ3v) is 3.98. The zero-order valence-corrected chi connectivity index (χ0v) is 11.8. The van der Waals surface area contributed by atoms with Crippen molar-refractivity contribution < 1.29 is 4.79 Å². The van der Waals surface area contributed by atoms with Crippen molar-refractivity contribution in [3.8, 4) is 0 Å². The van der Waals surface area contributed by atoms with Gasteiger partial charge in [0, 0.05) is 25.9 Å². The molecule has 2 rings (SSSR count). The number of nitrogens with one attached hydrogen (secondary N) is 1. The second-order valence-electron chi connectivity index (χ2n) is 4.66. The molecule has 0 aromatic heterocycles. The van der Waals surface area contributed by atoms with Crippen LogP contribution in [-0.4, -0.2) is 42.4 Å². The fourth-order valence-electron chi connectivity index (χ4n) is 2.23. The van der Waals surface area contributed by atoms with Gasteiger partial charge in [0.15, 0.2) is 0 Å². The number of rotatable bonds is 4. The van der Waals surface area contributed by atoms with Gasteiger partial charge in [0.2, 0.25) is 5.91 Å². The molecule has 98 valence electrons. The van der Waals surface area contributed by atoms with Crippen molar-refractivity contribution in [3.05, 3.63) is 35.4 Å². The summed E-state index contributed by atoms with van der Waals surface area (Å²) in [5, 5.41) is 3.33. The first kappa shape index (κ1) is 13.4. The molecule has 1 amide bonds. The van der Waals surface area contributed by atoms with Crippen molar-refractivity contribution >= 4 is 17.7 Å². The van der Waals surface area contributed by atoms with Crippen LogP contribution < -0.4 is 5.32 Å². The zero-order chi connectivity index (χ0) is 13.0. The van der Waals surface area contributed by atoms with Crippen LogP contribution in [0.4, 0.5) is 0 Å². The van der Waals surface area contributed by atoms with Crippen molar-refractivity contribution in [2.24, 2.45) is 0 Å². The van der Waals surface area contributed by atoms with Crippen LogP contribution >= 0.6 is 11.8 Å². The fraction of sp³-hybridized carbons (Fsp3) is 0.500. The molecule has 0 saturated carbocycles. The van der Waals surface area contributed by atoms with E-state index >= 15 is 0 Å². The second kappa shape index (κ2) is 6.25. The lowest BCUT2D eigenvalue weighted by Crippen LogP contribution is -2.48. The van der Waals surface area contributed by atoms with Gasteiger partial charge in [-0.05, 0) is 23.8 Å². The largest absolute Gasteiger partial charge is 0.344 e. The average molecular weight is 264 g/mol. The molecule has 4 heteroatoms. The molecule has 1 atom stereocenters. The van der Waals surface area contributed by atoms with E-state index in [4.69, 9.17) is 0 Å². The summed E-state index contributed by atoms with van der Waals surface area (Å²) in [5.74, 6) is 1.20. The van der Waals surface area contributed by atoms with Gasteiger partial charge in [-0.25, -0.2) is 0 Å². The molecule has 3 nitrogen and oxygen atoms in total. The molecule has 0 spiro atoms. The number of thioether (sulfide) groups is 1. The van der Waals surface area contributed by atoms with Crippen LogP contribution in [-0.2, 0) is 17.8 Å². The smallest absolute Gasteiger partial charge is 0.239 e. The van der Waals surface area contributed by atoms with Gasteiger partial charge in [-0.15, -0.1) is 0 Å². The number of hydrogen-bond acceptors (Lipinski definition) is 3. The molecular weight excluding hydrogens is 244 g/mol. The Bertz CT molecular complexity index is 422. The maximum Gasteiger partial charge on any atom is 0.239 e. The average Bonchev–Trinajstić information content (AvgIpc) is 2.43. The van der Waals surface area contributed by atoms with E-state index in [9.17, 15) is 4.79 Å². The standard InChI is InChI=1S/C14H20N2OS/c1-16(7-8-18-2)14(17)13-9-11-5-3-4-6-12(11)10-15-13/h3-6,13,15H,7-10H2,1-2H3/t13-/m1/s1. The summed E-state index contributed by atoms with van der Waals surface area (Å²) in [5.41, 5.74) is 2.61. The van der Waals surface area contributed by atoms with E-state index in [1.165, 1.54) is 11.1 Å². The predicted molar refractivity (Wildman–Crippen MR) is 76.8 cm³/mol. The zero-order valence-electron chi connectivity index (χ0n) is 11.0. The molecule has 0 radical (unpaired) electrons. The third-order valence-electron chi connectivity index (χ3n) is 3.39. The Morgan fingerprint density at radius 2 is 2.17 bits per heavy atom. The van der Waals surface area contributed by atoms with Crippen molar-refractivity contribution in [2.45, 2.75) is 19.0 Å². The van der Waals surface area contributed by atoms with E-state index in [2.05, 4.69) is 23.7 Å². The molecule has 1 N–H and O–H groups in total. The lowest BCUT2D eigenvalue weighted by atomic mass is 9.95. The number of amides is 1. The Hall–Kier alpha value is -1.00. The highest BCUT2D eigenvalue weighted by molar-refractivity contribution is 7.98. The second-order valence-corrected chi connectivity index (χ2v) is 5.64. The highest BCUT2D eigenvalue weighted by Crippen LogP contribution is 2.17. The molecular formula is C14H20N2OS. The number of fused-ring (bicyclic) bond motifs is 1. The summed E-state index contributed by atoms with van der Waals surface area (Å²) >= 11 is 1.77. The molecule has 0 bridgehead atoms. The maximum atomic E-state index is 12.3. The summed E-state index contributed by atoms with van der Waals surface area (Å²) in [6.45, 7) is 1.61. The SMILES string of the molecule is CSCCN(C)C(=O)[C@H]1Cc2ccccc2CN1. The fourth-order valence-corrected chi connectivity index (χ4v) is 2.69. The predicted octanol–water partition coefficient (Wildman–Crippen LogP) is 1.52. The van der Waals surface area contributed by atoms with E-state index in [-0.39, 0.29) is 11.9 Å². The molecule has 0 fully saturated rings. The van der Waals surface area contributed by atoms with Crippen LogP contribution in [0.5, 0.6) is 0 Å². The van der Waals surface area contributed by atoms with E-state index < -0.39 is 0 Å². The van der Waals surface area contributed by atoms with Crippen LogP contribution in [0.2, 0.25) is 0 Å². The number of benzene rings is 1. The lowest BCUT2D eigenvalue weighted by Gasteiger charge is -2.29. The van der Waals surface area contributed by atoms with Crippen molar-refractivity contribution in [1.82, 2.24) is 10.2 Å². The Morgan fingerprint density at radius 3 is 2.89 bits per heavy atom. The molecule has 1 aliphatic heterocycles. The maximum absolute atomic E-state index is 12.3. The van der Waals surface area contributed by atoms with E-state index in [1.54, 1.807) is 11.8 Å². The minimum Gasteiger partial charge on any atom is -0.344 e. The topological polar surface area (TPSA) is 32.3 Å². The van der Waals surface area contributed by atoms with Gasteiger partial charge in [0.1, 0.15) is 0 Å². The molecule has 1 aromatic rings. The van der Waals surface area contributed by atoms with Crippen LogP contribution in [0.15, 0.2) is 24.3 Å². The Balaban J connectivity index is 1.98. The molecule has 1 aliphatic rings. The summed E-state index contributed by atoms with van der Waals surface area (Å²) in [4.78, 5) is 14.1. The van der Waals surface area contributed by atoms with Gasteiger partial charge in [-0.3, -0.25) is 4.79 Å². The highest BCUT2D eigenvalue weighted by Gasteiger charge is 2.25. The molecule has 18 heavy (non-hydrogen) atoms. The Morgan fingerprint density at radius 1 is 1.44 bits per heavy atom. The summed E-state index contributed by atoms with van der Waals surface area (Å²) in [6, 6.07) is 8.28. The molecule has 1 heterocycles. The van der Waals surface area contributed by atoms with Gasteiger partial charge >= 0.3 is 0 Å². The third kappa shape index (κ3) is 3.06. The number of carbonyl (C=O) groups is 1. The van der Waals surface area contributed by atoms with Crippen molar-refractivity contribution in [3.63, 3.8) is 0 Å². The Labute approximate surface area is 113 Å². The highest BCUT2D eigenvalue weighted by atomic mass is 32.2.